The Morgan fingerprint density at radius 2 is 2.23 bits per heavy atom. The number of ether oxygens (including phenoxy) is 1. The lowest BCUT2D eigenvalue weighted by molar-refractivity contribution is -0.120. The zero-order valence-electron chi connectivity index (χ0n) is 12.3. The molecule has 22 heavy (non-hydrogen) atoms. The highest BCUT2D eigenvalue weighted by Gasteiger charge is 2.27. The third kappa shape index (κ3) is 2.39. The molecule has 0 aliphatic carbocycles. The van der Waals surface area contributed by atoms with Crippen molar-refractivity contribution >= 4 is 11.6 Å². The molecule has 1 amide bonds. The van der Waals surface area contributed by atoms with Crippen molar-refractivity contribution in [1.82, 2.24) is 15.0 Å². The van der Waals surface area contributed by atoms with Crippen molar-refractivity contribution in [2.24, 2.45) is 0 Å². The molecule has 2 aromatic rings. The number of anilines is 1. The van der Waals surface area contributed by atoms with Crippen molar-refractivity contribution < 1.29 is 9.53 Å². The first-order valence-electron chi connectivity index (χ1n) is 7.68. The van der Waals surface area contributed by atoms with Crippen LogP contribution in [0.25, 0.3) is 0 Å². The molecule has 1 aromatic heterocycles. The van der Waals surface area contributed by atoms with Crippen LogP contribution in [0.4, 0.5) is 5.69 Å². The van der Waals surface area contributed by atoms with E-state index in [-0.39, 0.29) is 12.0 Å². The molecule has 0 N–H and O–H groups in total. The smallest absolute Gasteiger partial charge is 0.229 e. The molecule has 6 heteroatoms. The Morgan fingerprint density at radius 3 is 3.09 bits per heavy atom. The first-order valence-corrected chi connectivity index (χ1v) is 7.68. The highest BCUT2D eigenvalue weighted by Crippen LogP contribution is 2.28. The summed E-state index contributed by atoms with van der Waals surface area (Å²) >= 11 is 0. The standard InChI is InChI=1S/C16H18N4O2/c21-16(8-14-5-3-7-22-14)19-11-13-9-17-18-20(13)10-12-4-1-2-6-15(12)19/h1-2,4,6,9,14H,3,5,7-8,10-11H2/t14-/m1/s1. The van der Waals surface area contributed by atoms with Crippen molar-refractivity contribution in [2.45, 2.75) is 38.5 Å². The van der Waals surface area contributed by atoms with Gasteiger partial charge in [-0.2, -0.15) is 0 Å². The molecule has 1 aromatic carbocycles. The van der Waals surface area contributed by atoms with Crippen LogP contribution in [0.5, 0.6) is 0 Å². The number of aromatic nitrogens is 3. The van der Waals surface area contributed by atoms with Gasteiger partial charge in [-0.15, -0.1) is 5.10 Å². The molecule has 114 valence electrons. The molecule has 0 spiro atoms. The second-order valence-corrected chi connectivity index (χ2v) is 5.83. The third-order valence-electron chi connectivity index (χ3n) is 4.35. The zero-order chi connectivity index (χ0) is 14.9. The first-order chi connectivity index (χ1) is 10.8. The van der Waals surface area contributed by atoms with Crippen molar-refractivity contribution in [3.05, 3.63) is 41.7 Å². The van der Waals surface area contributed by atoms with E-state index < -0.39 is 0 Å². The van der Waals surface area contributed by atoms with Crippen LogP contribution in [0.15, 0.2) is 30.5 Å². The van der Waals surface area contributed by atoms with Gasteiger partial charge in [0.25, 0.3) is 0 Å². The zero-order valence-corrected chi connectivity index (χ0v) is 12.3. The van der Waals surface area contributed by atoms with Crippen LogP contribution in [-0.2, 0) is 22.6 Å². The monoisotopic (exact) mass is 298 g/mol. The molecule has 4 rings (SSSR count). The summed E-state index contributed by atoms with van der Waals surface area (Å²) in [7, 11) is 0. The molecular formula is C16H18N4O2. The van der Waals surface area contributed by atoms with Gasteiger partial charge in [-0.05, 0) is 24.5 Å². The molecule has 1 saturated heterocycles. The van der Waals surface area contributed by atoms with Crippen LogP contribution in [0.3, 0.4) is 0 Å². The van der Waals surface area contributed by atoms with E-state index in [0.29, 0.717) is 19.5 Å². The summed E-state index contributed by atoms with van der Waals surface area (Å²) < 4.78 is 7.47. The van der Waals surface area contributed by atoms with Crippen LogP contribution in [0, 0.1) is 0 Å². The second kappa shape index (κ2) is 5.53. The number of amides is 1. The maximum Gasteiger partial charge on any atom is 0.229 e. The summed E-state index contributed by atoms with van der Waals surface area (Å²) in [4.78, 5) is 14.6. The highest BCUT2D eigenvalue weighted by molar-refractivity contribution is 5.94. The van der Waals surface area contributed by atoms with E-state index in [1.807, 2.05) is 33.8 Å². The van der Waals surface area contributed by atoms with E-state index in [2.05, 4.69) is 10.3 Å². The van der Waals surface area contributed by atoms with E-state index in [4.69, 9.17) is 4.74 Å². The average Bonchev–Trinajstić information content (AvgIpc) is 3.15. The van der Waals surface area contributed by atoms with Gasteiger partial charge >= 0.3 is 0 Å². The molecule has 0 bridgehead atoms. The molecule has 0 radical (unpaired) electrons. The van der Waals surface area contributed by atoms with Gasteiger partial charge in [-0.1, -0.05) is 23.4 Å². The molecule has 2 aliphatic heterocycles. The Labute approximate surface area is 128 Å². The normalized spacial score (nSPS) is 20.4. The number of carbonyl (C=O) groups excluding carboxylic acids is 1. The van der Waals surface area contributed by atoms with Gasteiger partial charge < -0.3 is 9.64 Å². The Kier molecular flexibility index (Phi) is 3.38. The number of nitrogens with zero attached hydrogens (tertiary/aromatic N) is 4. The Bertz CT molecular complexity index is 691. The minimum Gasteiger partial charge on any atom is -0.378 e. The van der Waals surface area contributed by atoms with Crippen LogP contribution >= 0.6 is 0 Å². The Hall–Kier alpha value is -2.21. The predicted molar refractivity (Wildman–Crippen MR) is 80.3 cm³/mol. The van der Waals surface area contributed by atoms with E-state index in [9.17, 15) is 4.79 Å². The lowest BCUT2D eigenvalue weighted by atomic mass is 10.1. The number of carbonyl (C=O) groups is 1. The van der Waals surface area contributed by atoms with Gasteiger partial charge in [0.05, 0.1) is 37.5 Å². The van der Waals surface area contributed by atoms with Crippen molar-refractivity contribution in [2.75, 3.05) is 11.5 Å². The van der Waals surface area contributed by atoms with Crippen LogP contribution in [-0.4, -0.2) is 33.6 Å². The largest absolute Gasteiger partial charge is 0.378 e. The first kappa shape index (κ1) is 13.5. The molecular weight excluding hydrogens is 280 g/mol. The van der Waals surface area contributed by atoms with Gasteiger partial charge in [-0.25, -0.2) is 4.68 Å². The van der Waals surface area contributed by atoms with E-state index >= 15 is 0 Å². The average molecular weight is 298 g/mol. The fraction of sp³-hybridized carbons (Fsp3) is 0.438. The van der Waals surface area contributed by atoms with Crippen molar-refractivity contribution in [3.8, 4) is 0 Å². The lowest BCUT2D eigenvalue weighted by Gasteiger charge is -2.23. The van der Waals surface area contributed by atoms with E-state index in [1.54, 1.807) is 6.20 Å². The number of hydrogen-bond donors (Lipinski definition) is 0. The summed E-state index contributed by atoms with van der Waals surface area (Å²) in [6, 6.07) is 8.00. The molecule has 6 nitrogen and oxygen atoms in total. The molecule has 2 aliphatic rings. The van der Waals surface area contributed by atoms with Gasteiger partial charge in [-0.3, -0.25) is 4.79 Å². The van der Waals surface area contributed by atoms with Crippen molar-refractivity contribution in [1.29, 1.82) is 0 Å². The minimum atomic E-state index is 0.0611. The fourth-order valence-electron chi connectivity index (χ4n) is 3.18. The van der Waals surface area contributed by atoms with Gasteiger partial charge in [0.15, 0.2) is 0 Å². The summed E-state index contributed by atoms with van der Waals surface area (Å²) in [5.74, 6) is 0.106. The molecule has 0 unspecified atom stereocenters. The fourth-order valence-corrected chi connectivity index (χ4v) is 3.18. The Balaban J connectivity index is 1.66. The van der Waals surface area contributed by atoms with E-state index in [0.717, 1.165) is 36.4 Å². The highest BCUT2D eigenvalue weighted by atomic mass is 16.5. The van der Waals surface area contributed by atoms with Crippen LogP contribution < -0.4 is 4.90 Å². The summed E-state index contributed by atoms with van der Waals surface area (Å²) in [6.07, 6.45) is 4.26. The minimum absolute atomic E-state index is 0.0611. The number of benzene rings is 1. The SMILES string of the molecule is O=C(C[C@H]1CCCO1)N1Cc2cnnn2Cc2ccccc21. The topological polar surface area (TPSA) is 60.2 Å². The van der Waals surface area contributed by atoms with Gasteiger partial charge in [0.2, 0.25) is 5.91 Å². The number of para-hydroxylation sites is 1. The summed E-state index contributed by atoms with van der Waals surface area (Å²) in [6.45, 7) is 1.93. The molecule has 0 saturated carbocycles. The van der Waals surface area contributed by atoms with Crippen LogP contribution in [0.2, 0.25) is 0 Å². The number of fused-ring (bicyclic) bond motifs is 2. The second-order valence-electron chi connectivity index (χ2n) is 5.83. The maximum absolute atomic E-state index is 12.8. The third-order valence-corrected chi connectivity index (χ3v) is 4.35. The van der Waals surface area contributed by atoms with Gasteiger partial charge in [0.1, 0.15) is 0 Å². The van der Waals surface area contributed by atoms with E-state index in [1.165, 1.54) is 0 Å². The Morgan fingerprint density at radius 1 is 1.32 bits per heavy atom. The van der Waals surface area contributed by atoms with Gasteiger partial charge in [0, 0.05) is 12.3 Å². The number of rotatable bonds is 2. The predicted octanol–water partition coefficient (Wildman–Crippen LogP) is 1.74. The summed E-state index contributed by atoms with van der Waals surface area (Å²) in [5, 5.41) is 8.08. The van der Waals surface area contributed by atoms with Crippen molar-refractivity contribution in [3.63, 3.8) is 0 Å². The summed E-state index contributed by atoms with van der Waals surface area (Å²) in [5.41, 5.74) is 3.01. The molecule has 1 atom stereocenters. The molecule has 3 heterocycles. The maximum atomic E-state index is 12.8. The quantitative estimate of drug-likeness (QED) is 0.847. The molecule has 1 fully saturated rings. The number of hydrogen-bond acceptors (Lipinski definition) is 4. The van der Waals surface area contributed by atoms with Crippen LogP contribution in [0.1, 0.15) is 30.5 Å². The lowest BCUT2D eigenvalue weighted by Crippen LogP contribution is -2.33.